The number of aryl methyl sites for hydroxylation is 1. The quantitative estimate of drug-likeness (QED) is 0.668. The van der Waals surface area contributed by atoms with Gasteiger partial charge < -0.3 is 10.5 Å². The summed E-state index contributed by atoms with van der Waals surface area (Å²) in [4.78, 5) is 12.1. The predicted molar refractivity (Wildman–Crippen MR) is 69.8 cm³/mol. The smallest absolute Gasteiger partial charge is 0.322 e. The van der Waals surface area contributed by atoms with Crippen molar-refractivity contribution in [3.63, 3.8) is 0 Å². The summed E-state index contributed by atoms with van der Waals surface area (Å²) in [5.74, 6) is 0.377. The van der Waals surface area contributed by atoms with Crippen LogP contribution in [0, 0.1) is 12.3 Å². The monoisotopic (exact) mass is 307 g/mol. The molecule has 0 radical (unpaired) electrons. The minimum absolute atomic E-state index is 0.127. The van der Waals surface area contributed by atoms with Crippen LogP contribution in [0.3, 0.4) is 0 Å². The third-order valence-electron chi connectivity index (χ3n) is 2.00. The Morgan fingerprint density at radius 1 is 1.33 bits per heavy atom. The number of ether oxygens (including phenoxy) is 1. The summed E-state index contributed by atoms with van der Waals surface area (Å²) in [5, 5.41) is 7.35. The van der Waals surface area contributed by atoms with Crippen LogP contribution >= 0.6 is 15.9 Å². The van der Waals surface area contributed by atoms with E-state index in [4.69, 9.17) is 15.9 Å². The van der Waals surface area contributed by atoms with E-state index in [9.17, 15) is 0 Å². The molecular weight excluding hydrogens is 298 g/mol. The molecule has 6 nitrogen and oxygen atoms in total. The Morgan fingerprint density at radius 2 is 2.11 bits per heavy atom. The van der Waals surface area contributed by atoms with E-state index >= 15 is 0 Å². The number of halogens is 1. The van der Waals surface area contributed by atoms with E-state index < -0.39 is 0 Å². The van der Waals surface area contributed by atoms with Gasteiger partial charge in [0, 0.05) is 16.4 Å². The number of aromatic nitrogens is 3. The minimum atomic E-state index is -0.127. The average Bonchev–Trinajstić information content (AvgIpc) is 2.28. The summed E-state index contributed by atoms with van der Waals surface area (Å²) < 4.78 is 6.26. The highest BCUT2D eigenvalue weighted by molar-refractivity contribution is 9.10. The Hall–Kier alpha value is -2.02. The van der Waals surface area contributed by atoms with Gasteiger partial charge in [-0.15, -0.1) is 0 Å². The molecule has 0 saturated heterocycles. The molecule has 2 aromatic heterocycles. The summed E-state index contributed by atoms with van der Waals surface area (Å²) in [6.45, 7) is 1.78. The zero-order valence-electron chi connectivity index (χ0n) is 9.51. The van der Waals surface area contributed by atoms with Crippen molar-refractivity contribution in [2.24, 2.45) is 5.73 Å². The molecule has 2 rings (SSSR count). The summed E-state index contributed by atoms with van der Waals surface area (Å²) in [6.07, 6.45) is 3.19. The van der Waals surface area contributed by atoms with E-state index in [1.54, 1.807) is 31.5 Å². The Kier molecular flexibility index (Phi) is 3.52. The van der Waals surface area contributed by atoms with Crippen molar-refractivity contribution in [1.29, 1.82) is 5.41 Å². The van der Waals surface area contributed by atoms with Crippen LogP contribution in [0.15, 0.2) is 29.0 Å². The molecule has 7 heteroatoms. The lowest BCUT2D eigenvalue weighted by Crippen LogP contribution is -2.14. The number of nitrogens with one attached hydrogen (secondary N) is 1. The van der Waals surface area contributed by atoms with Crippen LogP contribution in [0.5, 0.6) is 11.8 Å². The highest BCUT2D eigenvalue weighted by Gasteiger charge is 2.07. The van der Waals surface area contributed by atoms with Crippen molar-refractivity contribution in [2.45, 2.75) is 6.92 Å². The fourth-order valence-electron chi connectivity index (χ4n) is 1.28. The van der Waals surface area contributed by atoms with Crippen molar-refractivity contribution in [1.82, 2.24) is 15.0 Å². The maximum Gasteiger partial charge on any atom is 0.322 e. The molecule has 0 saturated carbocycles. The largest absolute Gasteiger partial charge is 0.423 e. The highest BCUT2D eigenvalue weighted by Crippen LogP contribution is 2.20. The van der Waals surface area contributed by atoms with Gasteiger partial charge in [0.2, 0.25) is 0 Å². The average molecular weight is 308 g/mol. The van der Waals surface area contributed by atoms with Crippen LogP contribution in [0.1, 0.15) is 11.4 Å². The molecule has 18 heavy (non-hydrogen) atoms. The summed E-state index contributed by atoms with van der Waals surface area (Å²) in [5.41, 5.74) is 6.39. The Labute approximate surface area is 112 Å². The van der Waals surface area contributed by atoms with Crippen LogP contribution in [0.4, 0.5) is 0 Å². The van der Waals surface area contributed by atoms with Gasteiger partial charge in [-0.25, -0.2) is 4.98 Å². The summed E-state index contributed by atoms with van der Waals surface area (Å²) in [6, 6.07) is 3.50. The van der Waals surface area contributed by atoms with E-state index in [1.807, 2.05) is 0 Å². The molecule has 0 fully saturated rings. The van der Waals surface area contributed by atoms with Crippen LogP contribution in [0.25, 0.3) is 0 Å². The number of hydrogen-bond acceptors (Lipinski definition) is 5. The van der Waals surface area contributed by atoms with Crippen LogP contribution in [-0.2, 0) is 0 Å². The lowest BCUT2D eigenvalue weighted by Gasteiger charge is -2.06. The molecule has 0 bridgehead atoms. The first-order valence-corrected chi connectivity index (χ1v) is 5.82. The fraction of sp³-hybridized carbons (Fsp3) is 0.0909. The Balaban J connectivity index is 2.31. The van der Waals surface area contributed by atoms with Crippen LogP contribution in [0.2, 0.25) is 0 Å². The zero-order valence-corrected chi connectivity index (χ0v) is 11.1. The summed E-state index contributed by atoms with van der Waals surface area (Å²) in [7, 11) is 0. The Morgan fingerprint density at radius 3 is 2.78 bits per heavy atom. The number of nitrogen functional groups attached to an aromatic ring is 1. The molecule has 2 aromatic rings. The standard InChI is InChI=1S/C11H10BrN5O/c1-6-2-9(10(13)14)17-11(16-6)18-8-3-7(12)4-15-5-8/h2-5H,1H3,(H3,13,14). The summed E-state index contributed by atoms with van der Waals surface area (Å²) >= 11 is 3.29. The van der Waals surface area contributed by atoms with Crippen molar-refractivity contribution >= 4 is 21.8 Å². The molecular formula is C11H10BrN5O. The van der Waals surface area contributed by atoms with Crippen molar-refractivity contribution in [2.75, 3.05) is 0 Å². The molecule has 2 heterocycles. The first-order valence-electron chi connectivity index (χ1n) is 5.03. The molecule has 0 unspecified atom stereocenters. The number of nitrogens with zero attached hydrogens (tertiary/aromatic N) is 3. The SMILES string of the molecule is Cc1cc(C(=N)N)nc(Oc2cncc(Br)c2)n1. The predicted octanol–water partition coefficient (Wildman–Crippen LogP) is 2.02. The lowest BCUT2D eigenvalue weighted by molar-refractivity contribution is 0.437. The molecule has 92 valence electrons. The van der Waals surface area contributed by atoms with Gasteiger partial charge in [-0.05, 0) is 35.0 Å². The topological polar surface area (TPSA) is 97.8 Å². The van der Waals surface area contributed by atoms with E-state index in [2.05, 4.69) is 30.9 Å². The zero-order chi connectivity index (χ0) is 13.1. The molecule has 0 aromatic carbocycles. The van der Waals surface area contributed by atoms with E-state index in [1.165, 1.54) is 0 Å². The molecule has 0 atom stereocenters. The maximum absolute atomic E-state index is 7.35. The van der Waals surface area contributed by atoms with E-state index in [0.29, 0.717) is 17.1 Å². The molecule has 0 aliphatic heterocycles. The molecule has 0 aliphatic carbocycles. The van der Waals surface area contributed by atoms with E-state index in [0.717, 1.165) is 4.47 Å². The van der Waals surface area contributed by atoms with Gasteiger partial charge in [0.1, 0.15) is 11.5 Å². The van der Waals surface area contributed by atoms with Gasteiger partial charge in [0.15, 0.2) is 5.75 Å². The number of rotatable bonds is 3. The number of hydrogen-bond donors (Lipinski definition) is 2. The second-order valence-corrected chi connectivity index (χ2v) is 4.45. The second kappa shape index (κ2) is 5.09. The van der Waals surface area contributed by atoms with Crippen molar-refractivity contribution < 1.29 is 4.74 Å². The highest BCUT2D eigenvalue weighted by atomic mass is 79.9. The number of pyridine rings is 1. The third-order valence-corrected chi connectivity index (χ3v) is 2.43. The fourth-order valence-corrected chi connectivity index (χ4v) is 1.62. The van der Waals surface area contributed by atoms with Gasteiger partial charge in [0.25, 0.3) is 0 Å². The Bertz CT molecular complexity index is 602. The van der Waals surface area contributed by atoms with E-state index in [-0.39, 0.29) is 11.8 Å². The van der Waals surface area contributed by atoms with Gasteiger partial charge >= 0.3 is 6.01 Å². The lowest BCUT2D eigenvalue weighted by atomic mass is 10.3. The molecule has 0 amide bonds. The number of nitrogens with two attached hydrogens (primary N) is 1. The molecule has 0 aliphatic rings. The van der Waals surface area contributed by atoms with Gasteiger partial charge in [-0.3, -0.25) is 10.4 Å². The van der Waals surface area contributed by atoms with Gasteiger partial charge in [-0.2, -0.15) is 4.98 Å². The third kappa shape index (κ3) is 3.01. The van der Waals surface area contributed by atoms with Crippen molar-refractivity contribution in [3.05, 3.63) is 40.4 Å². The van der Waals surface area contributed by atoms with Crippen LogP contribution < -0.4 is 10.5 Å². The maximum atomic E-state index is 7.35. The van der Waals surface area contributed by atoms with Gasteiger partial charge in [0.05, 0.1) is 6.20 Å². The number of amidine groups is 1. The first-order chi connectivity index (χ1) is 8.54. The first kappa shape index (κ1) is 12.4. The minimum Gasteiger partial charge on any atom is -0.423 e. The molecule has 0 spiro atoms. The van der Waals surface area contributed by atoms with Crippen LogP contribution in [-0.4, -0.2) is 20.8 Å². The van der Waals surface area contributed by atoms with Crippen molar-refractivity contribution in [3.8, 4) is 11.8 Å². The second-order valence-electron chi connectivity index (χ2n) is 3.53. The molecule has 3 N–H and O–H groups in total. The normalized spacial score (nSPS) is 10.1. The van der Waals surface area contributed by atoms with Gasteiger partial charge in [-0.1, -0.05) is 0 Å².